The van der Waals surface area contributed by atoms with Crippen LogP contribution in [0.4, 0.5) is 0 Å². The number of rotatable bonds is 5. The molecule has 3 aromatic rings. The van der Waals surface area contributed by atoms with E-state index in [1.165, 1.54) is 0 Å². The Kier molecular flexibility index (Phi) is 5.78. The number of ether oxygens (including phenoxy) is 1. The van der Waals surface area contributed by atoms with E-state index in [-0.39, 0.29) is 11.3 Å². The molecule has 1 amide bonds. The van der Waals surface area contributed by atoms with Crippen LogP contribution in [0.3, 0.4) is 0 Å². The van der Waals surface area contributed by atoms with Crippen molar-refractivity contribution >= 4 is 23.7 Å². The molecule has 0 aromatic heterocycles. The van der Waals surface area contributed by atoms with Gasteiger partial charge in [0.2, 0.25) is 5.91 Å². The van der Waals surface area contributed by atoms with Crippen LogP contribution >= 0.6 is 11.8 Å². The molecule has 0 unspecified atom stereocenters. The van der Waals surface area contributed by atoms with Crippen molar-refractivity contribution in [3.05, 3.63) is 102 Å². The van der Waals surface area contributed by atoms with Gasteiger partial charge in [0, 0.05) is 18.4 Å². The van der Waals surface area contributed by atoms with Crippen molar-refractivity contribution in [2.24, 2.45) is 0 Å². The molecule has 4 rings (SSSR count). The summed E-state index contributed by atoms with van der Waals surface area (Å²) in [4.78, 5) is 14.7. The lowest BCUT2D eigenvalue weighted by molar-refractivity contribution is -0.126. The van der Waals surface area contributed by atoms with Crippen molar-refractivity contribution in [3.63, 3.8) is 0 Å². The number of nitrogens with zero attached hydrogens (tertiary/aromatic N) is 1. The van der Waals surface area contributed by atoms with Gasteiger partial charge in [0.05, 0.1) is 0 Å². The van der Waals surface area contributed by atoms with Crippen LogP contribution in [0.15, 0.2) is 91.0 Å². The third kappa shape index (κ3) is 4.46. The Morgan fingerprint density at radius 1 is 0.929 bits per heavy atom. The van der Waals surface area contributed by atoms with Crippen LogP contribution in [0.5, 0.6) is 11.5 Å². The van der Waals surface area contributed by atoms with E-state index in [0.29, 0.717) is 0 Å². The summed E-state index contributed by atoms with van der Waals surface area (Å²) in [6.07, 6.45) is 3.54. The Labute approximate surface area is 169 Å². The van der Waals surface area contributed by atoms with E-state index in [0.717, 1.165) is 34.9 Å². The molecule has 0 saturated carbocycles. The summed E-state index contributed by atoms with van der Waals surface area (Å²) < 4.78 is 5.95. The number of amides is 1. The normalized spacial score (nSPS) is 16.4. The third-order valence-electron chi connectivity index (χ3n) is 4.51. The molecule has 4 heteroatoms. The zero-order chi connectivity index (χ0) is 19.2. The van der Waals surface area contributed by atoms with Crippen molar-refractivity contribution in [1.29, 1.82) is 0 Å². The van der Waals surface area contributed by atoms with Crippen LogP contribution in [0, 0.1) is 0 Å². The summed E-state index contributed by atoms with van der Waals surface area (Å²) in [5, 5.41) is 0.00671. The SMILES string of the molecule is O=C(/C=C/c1ccccc1)N1CCS[C@H]1c1cccc(Oc2ccccc2)c1. The summed E-state index contributed by atoms with van der Waals surface area (Å²) in [6.45, 7) is 0.747. The summed E-state index contributed by atoms with van der Waals surface area (Å²) in [5.41, 5.74) is 2.11. The van der Waals surface area contributed by atoms with Gasteiger partial charge < -0.3 is 9.64 Å². The van der Waals surface area contributed by atoms with E-state index in [1.807, 2.05) is 89.8 Å². The average molecular weight is 388 g/mol. The summed E-state index contributed by atoms with van der Waals surface area (Å²) in [6, 6.07) is 27.6. The molecule has 28 heavy (non-hydrogen) atoms. The molecule has 1 aliphatic rings. The molecule has 1 fully saturated rings. The highest BCUT2D eigenvalue weighted by Gasteiger charge is 2.29. The van der Waals surface area contributed by atoms with Gasteiger partial charge in [-0.1, -0.05) is 60.7 Å². The quantitative estimate of drug-likeness (QED) is 0.521. The number of benzene rings is 3. The lowest BCUT2D eigenvalue weighted by atomic mass is 10.2. The van der Waals surface area contributed by atoms with Crippen LogP contribution in [0.25, 0.3) is 6.08 Å². The van der Waals surface area contributed by atoms with Crippen molar-refractivity contribution < 1.29 is 9.53 Å². The maximum atomic E-state index is 12.8. The Bertz CT molecular complexity index is 957. The highest BCUT2D eigenvalue weighted by molar-refractivity contribution is 7.99. The molecule has 1 saturated heterocycles. The van der Waals surface area contributed by atoms with E-state index in [2.05, 4.69) is 6.07 Å². The van der Waals surface area contributed by atoms with E-state index in [9.17, 15) is 4.79 Å². The molecule has 0 N–H and O–H groups in total. The number of carbonyl (C=O) groups excluding carboxylic acids is 1. The fourth-order valence-corrected chi connectivity index (χ4v) is 4.41. The Hall–Kier alpha value is -2.98. The van der Waals surface area contributed by atoms with E-state index < -0.39 is 0 Å². The largest absolute Gasteiger partial charge is 0.457 e. The average Bonchev–Trinajstić information content (AvgIpc) is 3.24. The van der Waals surface area contributed by atoms with Crippen LogP contribution in [-0.2, 0) is 4.79 Å². The molecule has 1 atom stereocenters. The first-order valence-electron chi connectivity index (χ1n) is 9.28. The van der Waals surface area contributed by atoms with Crippen molar-refractivity contribution in [1.82, 2.24) is 4.90 Å². The van der Waals surface area contributed by atoms with Crippen LogP contribution in [0.1, 0.15) is 16.5 Å². The monoisotopic (exact) mass is 387 g/mol. The Morgan fingerprint density at radius 3 is 2.43 bits per heavy atom. The highest BCUT2D eigenvalue weighted by Crippen LogP contribution is 2.39. The first kappa shape index (κ1) is 18.4. The standard InChI is InChI=1S/C24H21NO2S/c26-23(15-14-19-8-3-1-4-9-19)25-16-17-28-24(25)20-10-7-13-22(18-20)27-21-11-5-2-6-12-21/h1-15,18,24H,16-17H2/b15-14+/t24-/m0/s1. The van der Waals surface area contributed by atoms with Crippen LogP contribution < -0.4 is 4.74 Å². The predicted octanol–water partition coefficient (Wildman–Crippen LogP) is 5.77. The van der Waals surface area contributed by atoms with Gasteiger partial charge in [0.1, 0.15) is 16.9 Å². The molecule has 0 spiro atoms. The second-order valence-corrected chi connectivity index (χ2v) is 7.67. The fourth-order valence-electron chi connectivity index (χ4n) is 3.16. The number of carbonyl (C=O) groups is 1. The zero-order valence-electron chi connectivity index (χ0n) is 15.4. The van der Waals surface area contributed by atoms with Crippen molar-refractivity contribution in [3.8, 4) is 11.5 Å². The Morgan fingerprint density at radius 2 is 1.64 bits per heavy atom. The van der Waals surface area contributed by atoms with Crippen molar-refractivity contribution in [2.75, 3.05) is 12.3 Å². The van der Waals surface area contributed by atoms with E-state index in [4.69, 9.17) is 4.74 Å². The molecule has 140 valence electrons. The van der Waals surface area contributed by atoms with Gasteiger partial charge >= 0.3 is 0 Å². The van der Waals surface area contributed by atoms with Gasteiger partial charge in [-0.2, -0.15) is 0 Å². The minimum atomic E-state index is 0.00671. The third-order valence-corrected chi connectivity index (χ3v) is 5.77. The van der Waals surface area contributed by atoms with Gasteiger partial charge in [0.15, 0.2) is 0 Å². The first-order valence-corrected chi connectivity index (χ1v) is 10.3. The highest BCUT2D eigenvalue weighted by atomic mass is 32.2. The minimum Gasteiger partial charge on any atom is -0.457 e. The predicted molar refractivity (Wildman–Crippen MR) is 115 cm³/mol. The van der Waals surface area contributed by atoms with Gasteiger partial charge in [-0.25, -0.2) is 0 Å². The Balaban J connectivity index is 1.49. The molecule has 3 nitrogen and oxygen atoms in total. The molecular weight excluding hydrogens is 366 g/mol. The van der Waals surface area contributed by atoms with Gasteiger partial charge in [0.25, 0.3) is 0 Å². The van der Waals surface area contributed by atoms with Gasteiger partial charge in [-0.3, -0.25) is 4.79 Å². The number of thioether (sulfide) groups is 1. The van der Waals surface area contributed by atoms with Gasteiger partial charge in [-0.15, -0.1) is 11.8 Å². The van der Waals surface area contributed by atoms with E-state index in [1.54, 1.807) is 17.8 Å². The topological polar surface area (TPSA) is 29.5 Å². The molecule has 0 bridgehead atoms. The first-order chi connectivity index (χ1) is 13.8. The summed E-state index contributed by atoms with van der Waals surface area (Å²) >= 11 is 1.78. The van der Waals surface area contributed by atoms with E-state index >= 15 is 0 Å². The molecule has 1 heterocycles. The number of hydrogen-bond acceptors (Lipinski definition) is 3. The summed E-state index contributed by atoms with van der Waals surface area (Å²) in [5.74, 6) is 2.55. The van der Waals surface area contributed by atoms with Crippen molar-refractivity contribution in [2.45, 2.75) is 5.37 Å². The molecule has 0 aliphatic carbocycles. The van der Waals surface area contributed by atoms with Crippen LogP contribution in [-0.4, -0.2) is 23.1 Å². The second kappa shape index (κ2) is 8.81. The lowest BCUT2D eigenvalue weighted by Crippen LogP contribution is -2.28. The molecule has 1 aliphatic heterocycles. The molecule has 3 aromatic carbocycles. The molecule has 0 radical (unpaired) electrons. The maximum absolute atomic E-state index is 12.8. The number of hydrogen-bond donors (Lipinski definition) is 0. The fraction of sp³-hybridized carbons (Fsp3) is 0.125. The second-order valence-electron chi connectivity index (χ2n) is 6.49. The van der Waals surface area contributed by atoms with Crippen LogP contribution in [0.2, 0.25) is 0 Å². The lowest BCUT2D eigenvalue weighted by Gasteiger charge is -2.23. The zero-order valence-corrected chi connectivity index (χ0v) is 16.2. The number of para-hydroxylation sites is 1. The minimum absolute atomic E-state index is 0.00671. The smallest absolute Gasteiger partial charge is 0.247 e. The maximum Gasteiger partial charge on any atom is 0.247 e. The van der Waals surface area contributed by atoms with Gasteiger partial charge in [-0.05, 0) is 41.5 Å². The summed E-state index contributed by atoms with van der Waals surface area (Å²) in [7, 11) is 0. The molecular formula is C24H21NO2S.